The minimum atomic E-state index is -3.58. The van der Waals surface area contributed by atoms with Crippen molar-refractivity contribution in [3.05, 3.63) is 30.3 Å². The predicted molar refractivity (Wildman–Crippen MR) is 94.2 cm³/mol. The van der Waals surface area contributed by atoms with Crippen LogP contribution < -0.4 is 10.0 Å². The summed E-state index contributed by atoms with van der Waals surface area (Å²) in [4.78, 5) is 26.1. The lowest BCUT2D eigenvalue weighted by atomic mass is 10.1. The lowest BCUT2D eigenvalue weighted by Gasteiger charge is -2.31. The molecule has 138 valence electrons. The number of benzene rings is 1. The zero-order valence-corrected chi connectivity index (χ0v) is 15.6. The molecule has 25 heavy (non-hydrogen) atoms. The Morgan fingerprint density at radius 3 is 2.40 bits per heavy atom. The minimum absolute atomic E-state index is 0.0302. The van der Waals surface area contributed by atoms with Crippen molar-refractivity contribution in [2.75, 3.05) is 19.6 Å². The van der Waals surface area contributed by atoms with Crippen LogP contribution in [0.3, 0.4) is 0 Å². The third-order valence-electron chi connectivity index (χ3n) is 4.08. The molecule has 2 N–H and O–H groups in total. The van der Waals surface area contributed by atoms with E-state index < -0.39 is 15.9 Å². The van der Waals surface area contributed by atoms with Crippen LogP contribution in [0.25, 0.3) is 0 Å². The number of amides is 2. The van der Waals surface area contributed by atoms with Gasteiger partial charge in [0.25, 0.3) is 0 Å². The van der Waals surface area contributed by atoms with Crippen LogP contribution in [0.1, 0.15) is 27.2 Å². The van der Waals surface area contributed by atoms with Crippen LogP contribution in [0, 0.1) is 5.92 Å². The lowest BCUT2D eigenvalue weighted by molar-refractivity contribution is -0.132. The molecule has 1 unspecified atom stereocenters. The van der Waals surface area contributed by atoms with E-state index in [9.17, 15) is 18.0 Å². The van der Waals surface area contributed by atoms with Gasteiger partial charge in [-0.1, -0.05) is 18.2 Å². The molecule has 2 rings (SSSR count). The highest BCUT2D eigenvalue weighted by Gasteiger charge is 2.39. The second kappa shape index (κ2) is 7.53. The molecule has 0 aromatic heterocycles. The molecule has 1 fully saturated rings. The zero-order valence-electron chi connectivity index (χ0n) is 14.8. The van der Waals surface area contributed by atoms with Crippen molar-refractivity contribution in [2.45, 2.75) is 37.6 Å². The molecular weight excluding hydrogens is 342 g/mol. The van der Waals surface area contributed by atoms with Crippen molar-refractivity contribution >= 4 is 21.8 Å². The SMILES string of the molecule is CC(C)(C)N1CC(C(=O)NCCNS(=O)(=O)c2ccccc2)CC1=O. The number of nitrogens with zero attached hydrogens (tertiary/aromatic N) is 1. The molecule has 1 aliphatic rings. The summed E-state index contributed by atoms with van der Waals surface area (Å²) in [5, 5.41) is 2.70. The predicted octanol–water partition coefficient (Wildman–Crippen LogP) is 0.728. The van der Waals surface area contributed by atoms with Crippen LogP contribution >= 0.6 is 0 Å². The summed E-state index contributed by atoms with van der Waals surface area (Å²) < 4.78 is 26.6. The largest absolute Gasteiger partial charge is 0.354 e. The van der Waals surface area contributed by atoms with Gasteiger partial charge < -0.3 is 10.2 Å². The van der Waals surface area contributed by atoms with Gasteiger partial charge in [0, 0.05) is 31.6 Å². The molecule has 1 saturated heterocycles. The van der Waals surface area contributed by atoms with Gasteiger partial charge in [-0.05, 0) is 32.9 Å². The second-order valence-corrected chi connectivity index (χ2v) is 8.85. The summed E-state index contributed by atoms with van der Waals surface area (Å²) in [5.74, 6) is -0.645. The molecule has 1 heterocycles. The van der Waals surface area contributed by atoms with Gasteiger partial charge in [0.15, 0.2) is 0 Å². The average molecular weight is 367 g/mol. The molecule has 7 nitrogen and oxygen atoms in total. The molecule has 0 radical (unpaired) electrons. The first-order valence-electron chi connectivity index (χ1n) is 8.24. The van der Waals surface area contributed by atoms with Gasteiger partial charge in [0.1, 0.15) is 0 Å². The van der Waals surface area contributed by atoms with E-state index in [1.165, 1.54) is 12.1 Å². The molecule has 1 aromatic rings. The first-order valence-corrected chi connectivity index (χ1v) is 9.72. The van der Waals surface area contributed by atoms with E-state index in [0.29, 0.717) is 6.54 Å². The van der Waals surface area contributed by atoms with Crippen LogP contribution in [-0.2, 0) is 19.6 Å². The molecular formula is C17H25N3O4S. The molecule has 1 aliphatic heterocycles. The fourth-order valence-electron chi connectivity index (χ4n) is 2.73. The maximum absolute atomic E-state index is 12.2. The Morgan fingerprint density at radius 1 is 1.20 bits per heavy atom. The first kappa shape index (κ1) is 19.4. The third kappa shape index (κ3) is 5.02. The highest BCUT2D eigenvalue weighted by atomic mass is 32.2. The van der Waals surface area contributed by atoms with Crippen molar-refractivity contribution in [2.24, 2.45) is 5.92 Å². The maximum atomic E-state index is 12.2. The monoisotopic (exact) mass is 367 g/mol. The third-order valence-corrected chi connectivity index (χ3v) is 5.55. The number of hydrogen-bond acceptors (Lipinski definition) is 4. The van der Waals surface area contributed by atoms with Crippen molar-refractivity contribution in [3.8, 4) is 0 Å². The highest BCUT2D eigenvalue weighted by molar-refractivity contribution is 7.89. The zero-order chi connectivity index (χ0) is 18.7. The Kier molecular flexibility index (Phi) is 5.84. The summed E-state index contributed by atoms with van der Waals surface area (Å²) >= 11 is 0. The summed E-state index contributed by atoms with van der Waals surface area (Å²) in [5.41, 5.74) is -0.308. The Bertz CT molecular complexity index is 726. The Morgan fingerprint density at radius 2 is 1.84 bits per heavy atom. The van der Waals surface area contributed by atoms with E-state index >= 15 is 0 Å². The molecule has 0 saturated carbocycles. The van der Waals surface area contributed by atoms with E-state index in [-0.39, 0.29) is 41.8 Å². The van der Waals surface area contributed by atoms with Crippen LogP contribution in [0.15, 0.2) is 35.2 Å². The van der Waals surface area contributed by atoms with Gasteiger partial charge >= 0.3 is 0 Å². The van der Waals surface area contributed by atoms with Crippen LogP contribution in [0.5, 0.6) is 0 Å². The van der Waals surface area contributed by atoms with Crippen LogP contribution in [0.4, 0.5) is 0 Å². The molecule has 0 aliphatic carbocycles. The van der Waals surface area contributed by atoms with E-state index in [0.717, 1.165) is 0 Å². The molecule has 2 amide bonds. The summed E-state index contributed by atoms with van der Waals surface area (Å²) in [6.07, 6.45) is 0.193. The first-order chi connectivity index (χ1) is 11.6. The van der Waals surface area contributed by atoms with Crippen molar-refractivity contribution in [3.63, 3.8) is 0 Å². The van der Waals surface area contributed by atoms with Crippen molar-refractivity contribution in [1.29, 1.82) is 0 Å². The fourth-order valence-corrected chi connectivity index (χ4v) is 3.78. The standard InChI is InChI=1S/C17H25N3O4S/c1-17(2,3)20-12-13(11-15(20)21)16(22)18-9-10-19-25(23,24)14-7-5-4-6-8-14/h4-8,13,19H,9-12H2,1-3H3,(H,18,22). The van der Waals surface area contributed by atoms with Gasteiger partial charge in [0.2, 0.25) is 21.8 Å². The Hall–Kier alpha value is -1.93. The van der Waals surface area contributed by atoms with Gasteiger partial charge in [-0.25, -0.2) is 13.1 Å². The second-order valence-electron chi connectivity index (χ2n) is 7.08. The van der Waals surface area contributed by atoms with E-state index in [1.807, 2.05) is 20.8 Å². The number of likely N-dealkylation sites (tertiary alicyclic amines) is 1. The smallest absolute Gasteiger partial charge is 0.240 e. The highest BCUT2D eigenvalue weighted by Crippen LogP contribution is 2.25. The summed E-state index contributed by atoms with van der Waals surface area (Å²) in [7, 11) is -3.58. The number of rotatable bonds is 6. The Labute approximate surface area is 148 Å². The van der Waals surface area contributed by atoms with Crippen molar-refractivity contribution in [1.82, 2.24) is 14.9 Å². The molecule has 1 aromatic carbocycles. The Balaban J connectivity index is 1.79. The van der Waals surface area contributed by atoms with E-state index in [1.54, 1.807) is 23.1 Å². The number of carbonyl (C=O) groups is 2. The molecule has 0 spiro atoms. The van der Waals surface area contributed by atoms with E-state index in [4.69, 9.17) is 0 Å². The summed E-state index contributed by atoms with van der Waals surface area (Å²) in [6, 6.07) is 8.05. The normalized spacial score (nSPS) is 18.4. The van der Waals surface area contributed by atoms with E-state index in [2.05, 4.69) is 10.0 Å². The number of hydrogen-bond donors (Lipinski definition) is 2. The van der Waals surface area contributed by atoms with Crippen LogP contribution in [0.2, 0.25) is 0 Å². The molecule has 8 heteroatoms. The number of carbonyl (C=O) groups excluding carboxylic acids is 2. The quantitative estimate of drug-likeness (QED) is 0.725. The summed E-state index contributed by atoms with van der Waals surface area (Å²) in [6.45, 7) is 6.46. The van der Waals surface area contributed by atoms with Gasteiger partial charge in [-0.3, -0.25) is 9.59 Å². The van der Waals surface area contributed by atoms with Gasteiger partial charge in [-0.15, -0.1) is 0 Å². The molecule has 0 bridgehead atoms. The lowest BCUT2D eigenvalue weighted by Crippen LogP contribution is -2.43. The fraction of sp³-hybridized carbons (Fsp3) is 0.529. The average Bonchev–Trinajstić information content (AvgIpc) is 2.94. The molecule has 1 atom stereocenters. The topological polar surface area (TPSA) is 95.6 Å². The van der Waals surface area contributed by atoms with Crippen molar-refractivity contribution < 1.29 is 18.0 Å². The number of nitrogens with one attached hydrogen (secondary N) is 2. The van der Waals surface area contributed by atoms with Gasteiger partial charge in [0.05, 0.1) is 10.8 Å². The maximum Gasteiger partial charge on any atom is 0.240 e. The number of sulfonamides is 1. The van der Waals surface area contributed by atoms with Gasteiger partial charge in [-0.2, -0.15) is 0 Å². The minimum Gasteiger partial charge on any atom is -0.354 e. The van der Waals surface area contributed by atoms with Crippen LogP contribution in [-0.4, -0.2) is 50.3 Å².